The third-order valence-corrected chi connectivity index (χ3v) is 5.52. The molecule has 2 aromatic carbocycles. The van der Waals surface area contributed by atoms with Crippen LogP contribution in [0.15, 0.2) is 24.3 Å². The normalized spacial score (nSPS) is 14.4. The topological polar surface area (TPSA) is 80.7 Å². The van der Waals surface area contributed by atoms with Crippen molar-refractivity contribution in [3.63, 3.8) is 0 Å². The molecule has 4 aromatic rings. The Morgan fingerprint density at radius 2 is 1.97 bits per heavy atom. The molecule has 1 aliphatic heterocycles. The molecule has 0 spiro atoms. The van der Waals surface area contributed by atoms with Gasteiger partial charge in [0.25, 0.3) is 0 Å². The molecule has 7 nitrogen and oxygen atoms in total. The number of nitrogens with zero attached hydrogens (tertiary/aromatic N) is 4. The second-order valence-corrected chi connectivity index (χ2v) is 7.86. The minimum atomic E-state index is -0.506. The monoisotopic (exact) mass is 392 g/mol. The highest BCUT2D eigenvalue weighted by atomic mass is 19.1. The van der Waals surface area contributed by atoms with E-state index < -0.39 is 5.54 Å². The fraction of sp³-hybridized carbons (Fsp3) is 0.286. The molecule has 2 aromatic heterocycles. The van der Waals surface area contributed by atoms with Gasteiger partial charge in [-0.2, -0.15) is 5.10 Å². The number of H-pyrrole nitrogens is 1. The van der Waals surface area contributed by atoms with Crippen LogP contribution in [0, 0.1) is 19.7 Å². The van der Waals surface area contributed by atoms with Crippen molar-refractivity contribution in [1.29, 1.82) is 0 Å². The van der Waals surface area contributed by atoms with Crippen LogP contribution in [0.25, 0.3) is 27.7 Å². The molecule has 0 aliphatic carbocycles. The average molecular weight is 392 g/mol. The molecular weight excluding hydrogens is 371 g/mol. The lowest BCUT2D eigenvalue weighted by atomic mass is 9.95. The Bertz CT molecular complexity index is 1290. The van der Waals surface area contributed by atoms with Gasteiger partial charge in [0.1, 0.15) is 17.3 Å². The van der Waals surface area contributed by atoms with Gasteiger partial charge in [-0.05, 0) is 27.7 Å². The predicted molar refractivity (Wildman–Crippen MR) is 109 cm³/mol. The second-order valence-electron chi connectivity index (χ2n) is 7.86. The number of hydrogen-bond acceptors (Lipinski definition) is 5. The van der Waals surface area contributed by atoms with Crippen LogP contribution in [0.4, 0.5) is 10.1 Å². The van der Waals surface area contributed by atoms with Crippen LogP contribution >= 0.6 is 0 Å². The number of rotatable bonds is 2. The van der Waals surface area contributed by atoms with Crippen molar-refractivity contribution < 1.29 is 9.13 Å². The van der Waals surface area contributed by atoms with Gasteiger partial charge >= 0.3 is 0 Å². The Hall–Kier alpha value is -3.42. The van der Waals surface area contributed by atoms with Gasteiger partial charge in [-0.15, -0.1) is 10.2 Å². The SMILES string of the molecule is COc1c(-c2cccc3c(C)n[nH]c23)c(F)cc2c1-n1c(C)nnc1C(C)(C)N2. The van der Waals surface area contributed by atoms with E-state index in [2.05, 4.69) is 25.7 Å². The number of halogens is 1. The molecule has 148 valence electrons. The van der Waals surface area contributed by atoms with Gasteiger partial charge in [-0.1, -0.05) is 18.2 Å². The zero-order chi connectivity index (χ0) is 20.5. The van der Waals surface area contributed by atoms with E-state index in [1.807, 2.05) is 50.5 Å². The van der Waals surface area contributed by atoms with Crippen molar-refractivity contribution in [2.24, 2.45) is 0 Å². The molecule has 0 fully saturated rings. The summed E-state index contributed by atoms with van der Waals surface area (Å²) in [7, 11) is 1.55. The molecule has 5 rings (SSSR count). The van der Waals surface area contributed by atoms with Crippen LogP contribution in [0.5, 0.6) is 5.75 Å². The van der Waals surface area contributed by atoms with Crippen LogP contribution in [-0.2, 0) is 5.54 Å². The highest BCUT2D eigenvalue weighted by Crippen LogP contribution is 2.48. The molecule has 1 aliphatic rings. The highest BCUT2D eigenvalue weighted by molar-refractivity contribution is 5.98. The van der Waals surface area contributed by atoms with Crippen molar-refractivity contribution in [3.05, 3.63) is 47.4 Å². The van der Waals surface area contributed by atoms with E-state index in [1.165, 1.54) is 6.07 Å². The number of methoxy groups -OCH3 is 1. The van der Waals surface area contributed by atoms with E-state index in [4.69, 9.17) is 4.74 Å². The number of ether oxygens (including phenoxy) is 1. The Labute approximate surface area is 166 Å². The van der Waals surface area contributed by atoms with Crippen molar-refractivity contribution >= 4 is 16.6 Å². The van der Waals surface area contributed by atoms with Gasteiger partial charge in [-0.25, -0.2) is 4.39 Å². The zero-order valence-corrected chi connectivity index (χ0v) is 16.9. The number of hydrogen-bond donors (Lipinski definition) is 2. The maximum atomic E-state index is 15.5. The molecule has 8 heteroatoms. The highest BCUT2D eigenvalue weighted by Gasteiger charge is 2.37. The lowest BCUT2D eigenvalue weighted by molar-refractivity contribution is 0.408. The van der Waals surface area contributed by atoms with E-state index >= 15 is 4.39 Å². The Balaban J connectivity index is 1.89. The molecular formula is C21H21FN6O. The second kappa shape index (κ2) is 5.79. The van der Waals surface area contributed by atoms with Crippen molar-refractivity contribution in [1.82, 2.24) is 25.0 Å². The van der Waals surface area contributed by atoms with Crippen molar-refractivity contribution in [3.8, 4) is 22.6 Å². The Kier molecular flexibility index (Phi) is 3.53. The number of nitrogens with one attached hydrogen (secondary N) is 2. The number of para-hydroxylation sites is 1. The number of aromatic nitrogens is 5. The third kappa shape index (κ3) is 2.31. The first-order chi connectivity index (χ1) is 13.8. The molecule has 0 saturated carbocycles. The van der Waals surface area contributed by atoms with Crippen LogP contribution in [0.3, 0.4) is 0 Å². The summed E-state index contributed by atoms with van der Waals surface area (Å²) in [5.41, 5.74) is 3.53. The van der Waals surface area contributed by atoms with Crippen LogP contribution in [0.1, 0.15) is 31.2 Å². The van der Waals surface area contributed by atoms with Crippen LogP contribution in [-0.4, -0.2) is 32.1 Å². The number of aryl methyl sites for hydroxylation is 2. The summed E-state index contributed by atoms with van der Waals surface area (Å²) in [5.74, 6) is 1.50. The van der Waals surface area contributed by atoms with Crippen LogP contribution < -0.4 is 10.1 Å². The lowest BCUT2D eigenvalue weighted by Gasteiger charge is -2.35. The summed E-state index contributed by atoms with van der Waals surface area (Å²) in [6, 6.07) is 7.24. The first-order valence-electron chi connectivity index (χ1n) is 9.39. The first-order valence-corrected chi connectivity index (χ1v) is 9.39. The van der Waals surface area contributed by atoms with Crippen molar-refractivity contribution in [2.45, 2.75) is 33.2 Å². The molecule has 0 unspecified atom stereocenters. The summed E-state index contributed by atoms with van der Waals surface area (Å²) >= 11 is 0. The molecule has 0 saturated heterocycles. The summed E-state index contributed by atoms with van der Waals surface area (Å²) in [4.78, 5) is 0. The van der Waals surface area contributed by atoms with E-state index in [0.717, 1.165) is 22.4 Å². The smallest absolute Gasteiger partial charge is 0.162 e. The van der Waals surface area contributed by atoms with Gasteiger partial charge in [-0.3, -0.25) is 9.67 Å². The quantitative estimate of drug-likeness (QED) is 0.533. The van der Waals surface area contributed by atoms with Crippen molar-refractivity contribution in [2.75, 3.05) is 12.4 Å². The van der Waals surface area contributed by atoms with E-state index in [0.29, 0.717) is 34.1 Å². The molecule has 3 heterocycles. The predicted octanol–water partition coefficient (Wildman–Crippen LogP) is 4.24. The largest absolute Gasteiger partial charge is 0.494 e. The minimum absolute atomic E-state index is 0.376. The summed E-state index contributed by atoms with van der Waals surface area (Å²) in [6.45, 7) is 7.77. The van der Waals surface area contributed by atoms with Gasteiger partial charge in [0.2, 0.25) is 0 Å². The van der Waals surface area contributed by atoms with Gasteiger partial charge in [0, 0.05) is 17.0 Å². The van der Waals surface area contributed by atoms with Crippen LogP contribution in [0.2, 0.25) is 0 Å². The number of anilines is 1. The van der Waals surface area contributed by atoms with E-state index in [9.17, 15) is 0 Å². The standard InChI is InChI=1S/C21H21FN6O/c1-10-12-7-6-8-13(17(12)26-24-10)16-14(22)9-15-18(19(16)29-5)28-11(2)25-27-20(28)21(3,4)23-15/h6-9,23H,1-5H3,(H,24,26). The number of benzene rings is 2. The molecule has 0 amide bonds. The molecule has 0 bridgehead atoms. The molecule has 29 heavy (non-hydrogen) atoms. The average Bonchev–Trinajstić information content (AvgIpc) is 3.25. The number of fused-ring (bicyclic) bond motifs is 4. The maximum Gasteiger partial charge on any atom is 0.162 e. The summed E-state index contributed by atoms with van der Waals surface area (Å²) in [6.07, 6.45) is 0. The van der Waals surface area contributed by atoms with E-state index in [-0.39, 0.29) is 5.82 Å². The Morgan fingerprint density at radius 1 is 1.17 bits per heavy atom. The van der Waals surface area contributed by atoms with Gasteiger partial charge < -0.3 is 10.1 Å². The summed E-state index contributed by atoms with van der Waals surface area (Å²) in [5, 5.41) is 20.2. The fourth-order valence-electron chi connectivity index (χ4n) is 4.19. The molecule has 0 radical (unpaired) electrons. The fourth-order valence-corrected chi connectivity index (χ4v) is 4.19. The maximum absolute atomic E-state index is 15.5. The van der Waals surface area contributed by atoms with Gasteiger partial charge in [0.15, 0.2) is 11.6 Å². The Morgan fingerprint density at radius 3 is 2.72 bits per heavy atom. The molecule has 2 N–H and O–H groups in total. The van der Waals surface area contributed by atoms with Gasteiger partial charge in [0.05, 0.1) is 35.1 Å². The first kappa shape index (κ1) is 17.7. The number of aromatic amines is 1. The van der Waals surface area contributed by atoms with E-state index in [1.54, 1.807) is 7.11 Å². The third-order valence-electron chi connectivity index (χ3n) is 5.52. The zero-order valence-electron chi connectivity index (χ0n) is 16.9. The minimum Gasteiger partial charge on any atom is -0.494 e. The lowest BCUT2D eigenvalue weighted by Crippen LogP contribution is -2.36. The molecule has 0 atom stereocenters. The summed E-state index contributed by atoms with van der Waals surface area (Å²) < 4.78 is 23.2.